The molecule has 0 aliphatic heterocycles. The SMILES string of the molecule is CCC1CCCC1(CN)N(CC)c1ccccc1F. The summed E-state index contributed by atoms with van der Waals surface area (Å²) in [5.41, 5.74) is 6.78. The van der Waals surface area contributed by atoms with Crippen molar-refractivity contribution in [1.82, 2.24) is 0 Å². The van der Waals surface area contributed by atoms with Crippen LogP contribution in [0.1, 0.15) is 39.5 Å². The first-order chi connectivity index (χ1) is 9.19. The normalized spacial score (nSPS) is 26.6. The molecule has 3 heteroatoms. The van der Waals surface area contributed by atoms with Gasteiger partial charge in [0.1, 0.15) is 5.82 Å². The minimum atomic E-state index is -0.140. The third-order valence-corrected chi connectivity index (χ3v) is 4.77. The first-order valence-electron chi connectivity index (χ1n) is 7.41. The van der Waals surface area contributed by atoms with Gasteiger partial charge in [0.05, 0.1) is 11.2 Å². The molecular formula is C16H25FN2. The first kappa shape index (κ1) is 14.3. The van der Waals surface area contributed by atoms with E-state index in [9.17, 15) is 4.39 Å². The highest BCUT2D eigenvalue weighted by atomic mass is 19.1. The molecule has 1 saturated carbocycles. The van der Waals surface area contributed by atoms with Crippen LogP contribution in [0.15, 0.2) is 24.3 Å². The Morgan fingerprint density at radius 2 is 2.11 bits per heavy atom. The van der Waals surface area contributed by atoms with Crippen molar-refractivity contribution in [2.24, 2.45) is 11.7 Å². The van der Waals surface area contributed by atoms with E-state index in [2.05, 4.69) is 18.7 Å². The maximum atomic E-state index is 14.1. The van der Waals surface area contributed by atoms with Crippen LogP contribution in [0.4, 0.5) is 10.1 Å². The summed E-state index contributed by atoms with van der Waals surface area (Å²) in [4.78, 5) is 2.21. The maximum absolute atomic E-state index is 14.1. The minimum Gasteiger partial charge on any atom is -0.362 e. The van der Waals surface area contributed by atoms with E-state index in [-0.39, 0.29) is 11.4 Å². The Morgan fingerprint density at radius 1 is 1.37 bits per heavy atom. The molecule has 0 amide bonds. The van der Waals surface area contributed by atoms with Gasteiger partial charge in [-0.1, -0.05) is 31.9 Å². The molecule has 0 radical (unpaired) electrons. The average molecular weight is 264 g/mol. The number of anilines is 1. The van der Waals surface area contributed by atoms with Crippen LogP contribution in [0.25, 0.3) is 0 Å². The minimum absolute atomic E-state index is 0.0638. The van der Waals surface area contributed by atoms with Crippen molar-refractivity contribution in [2.45, 2.75) is 45.1 Å². The highest BCUT2D eigenvalue weighted by Gasteiger charge is 2.45. The molecule has 1 aliphatic carbocycles. The lowest BCUT2D eigenvalue weighted by atomic mass is 9.83. The van der Waals surface area contributed by atoms with Crippen LogP contribution in [-0.4, -0.2) is 18.6 Å². The lowest BCUT2D eigenvalue weighted by molar-refractivity contribution is 0.291. The van der Waals surface area contributed by atoms with Crippen LogP contribution in [0.3, 0.4) is 0 Å². The Bertz CT molecular complexity index is 421. The lowest BCUT2D eigenvalue weighted by Crippen LogP contribution is -2.56. The van der Waals surface area contributed by atoms with Gasteiger partial charge in [-0.3, -0.25) is 0 Å². The van der Waals surface area contributed by atoms with Gasteiger partial charge in [0.2, 0.25) is 0 Å². The monoisotopic (exact) mass is 264 g/mol. The number of rotatable bonds is 5. The van der Waals surface area contributed by atoms with E-state index in [4.69, 9.17) is 5.73 Å². The topological polar surface area (TPSA) is 29.3 Å². The Labute approximate surface area is 115 Å². The summed E-state index contributed by atoms with van der Waals surface area (Å²) in [5.74, 6) is 0.427. The van der Waals surface area contributed by atoms with Crippen molar-refractivity contribution in [3.63, 3.8) is 0 Å². The molecule has 106 valence electrons. The predicted molar refractivity (Wildman–Crippen MR) is 78.8 cm³/mol. The zero-order valence-electron chi connectivity index (χ0n) is 12.0. The number of benzene rings is 1. The smallest absolute Gasteiger partial charge is 0.146 e. The van der Waals surface area contributed by atoms with Gasteiger partial charge in [-0.05, 0) is 37.8 Å². The molecule has 2 atom stereocenters. The molecule has 2 nitrogen and oxygen atoms in total. The molecule has 2 unspecified atom stereocenters. The molecule has 0 saturated heterocycles. The van der Waals surface area contributed by atoms with Gasteiger partial charge < -0.3 is 10.6 Å². The van der Waals surface area contributed by atoms with E-state index in [1.165, 1.54) is 18.9 Å². The number of hydrogen-bond donors (Lipinski definition) is 1. The van der Waals surface area contributed by atoms with Gasteiger partial charge in [0.15, 0.2) is 0 Å². The predicted octanol–water partition coefficient (Wildman–Crippen LogP) is 3.56. The quantitative estimate of drug-likeness (QED) is 0.881. The van der Waals surface area contributed by atoms with Crippen molar-refractivity contribution in [3.05, 3.63) is 30.1 Å². The second-order valence-electron chi connectivity index (χ2n) is 5.50. The summed E-state index contributed by atoms with van der Waals surface area (Å²) in [6.45, 7) is 5.72. The summed E-state index contributed by atoms with van der Waals surface area (Å²) in [6.07, 6.45) is 4.59. The van der Waals surface area contributed by atoms with E-state index in [1.807, 2.05) is 12.1 Å². The molecule has 1 aliphatic rings. The molecule has 0 heterocycles. The third kappa shape index (κ3) is 2.36. The highest BCUT2D eigenvalue weighted by molar-refractivity contribution is 5.51. The van der Waals surface area contributed by atoms with Gasteiger partial charge in [-0.2, -0.15) is 0 Å². The van der Waals surface area contributed by atoms with Crippen LogP contribution in [-0.2, 0) is 0 Å². The molecule has 0 aromatic heterocycles. The molecule has 1 aromatic rings. The van der Waals surface area contributed by atoms with Crippen molar-refractivity contribution in [2.75, 3.05) is 18.0 Å². The third-order valence-electron chi connectivity index (χ3n) is 4.77. The summed E-state index contributed by atoms with van der Waals surface area (Å²) in [7, 11) is 0. The highest BCUT2D eigenvalue weighted by Crippen LogP contribution is 2.44. The van der Waals surface area contributed by atoms with Crippen LogP contribution < -0.4 is 10.6 Å². The number of likely N-dealkylation sites (N-methyl/N-ethyl adjacent to an activating group) is 1. The number of hydrogen-bond acceptors (Lipinski definition) is 2. The molecule has 2 rings (SSSR count). The van der Waals surface area contributed by atoms with Crippen molar-refractivity contribution in [3.8, 4) is 0 Å². The fourth-order valence-electron chi connectivity index (χ4n) is 3.84. The molecule has 0 spiro atoms. The fraction of sp³-hybridized carbons (Fsp3) is 0.625. The van der Waals surface area contributed by atoms with E-state index in [0.29, 0.717) is 18.2 Å². The number of nitrogens with two attached hydrogens (primary N) is 1. The van der Waals surface area contributed by atoms with Crippen LogP contribution in [0.2, 0.25) is 0 Å². The van der Waals surface area contributed by atoms with Gasteiger partial charge in [-0.15, -0.1) is 0 Å². The number of nitrogens with zero attached hydrogens (tertiary/aromatic N) is 1. The van der Waals surface area contributed by atoms with Gasteiger partial charge in [0.25, 0.3) is 0 Å². The van der Waals surface area contributed by atoms with E-state index in [0.717, 1.165) is 19.4 Å². The van der Waals surface area contributed by atoms with Crippen molar-refractivity contribution in [1.29, 1.82) is 0 Å². The second-order valence-corrected chi connectivity index (χ2v) is 5.50. The largest absolute Gasteiger partial charge is 0.362 e. The van der Waals surface area contributed by atoms with Crippen molar-refractivity contribution >= 4 is 5.69 Å². The number of para-hydroxylation sites is 1. The zero-order valence-corrected chi connectivity index (χ0v) is 12.0. The van der Waals surface area contributed by atoms with Crippen LogP contribution in [0.5, 0.6) is 0 Å². The van der Waals surface area contributed by atoms with E-state index >= 15 is 0 Å². The van der Waals surface area contributed by atoms with Gasteiger partial charge >= 0.3 is 0 Å². The Kier molecular flexibility index (Phi) is 4.46. The Morgan fingerprint density at radius 3 is 2.68 bits per heavy atom. The zero-order chi connectivity index (χ0) is 13.9. The molecular weight excluding hydrogens is 239 g/mol. The maximum Gasteiger partial charge on any atom is 0.146 e. The molecule has 2 N–H and O–H groups in total. The van der Waals surface area contributed by atoms with Gasteiger partial charge in [-0.25, -0.2) is 4.39 Å². The molecule has 1 aromatic carbocycles. The average Bonchev–Trinajstić information content (AvgIpc) is 2.86. The van der Waals surface area contributed by atoms with Crippen molar-refractivity contribution < 1.29 is 4.39 Å². The standard InChI is InChI=1S/C16H25FN2/c1-3-13-8-7-11-16(13,12-18)19(4-2)15-10-6-5-9-14(15)17/h5-6,9-10,13H,3-4,7-8,11-12,18H2,1-2H3. The van der Waals surface area contributed by atoms with Gasteiger partial charge in [0, 0.05) is 13.1 Å². The molecule has 1 fully saturated rings. The van der Waals surface area contributed by atoms with Crippen LogP contribution >= 0.6 is 0 Å². The summed E-state index contributed by atoms with van der Waals surface area (Å²) in [5, 5.41) is 0. The summed E-state index contributed by atoms with van der Waals surface area (Å²) in [6, 6.07) is 7.06. The second kappa shape index (κ2) is 5.91. The summed E-state index contributed by atoms with van der Waals surface area (Å²) < 4.78 is 14.1. The Balaban J connectivity index is 2.42. The molecule has 19 heavy (non-hydrogen) atoms. The lowest BCUT2D eigenvalue weighted by Gasteiger charge is -2.46. The molecule has 0 bridgehead atoms. The Hall–Kier alpha value is -1.09. The van der Waals surface area contributed by atoms with E-state index in [1.54, 1.807) is 6.07 Å². The van der Waals surface area contributed by atoms with E-state index < -0.39 is 0 Å². The number of halogens is 1. The van der Waals surface area contributed by atoms with Crippen LogP contribution in [0, 0.1) is 11.7 Å². The first-order valence-corrected chi connectivity index (χ1v) is 7.41. The summed E-state index contributed by atoms with van der Waals surface area (Å²) >= 11 is 0. The fourth-order valence-corrected chi connectivity index (χ4v) is 3.84.